The van der Waals surface area contributed by atoms with Crippen LogP contribution in [0.5, 0.6) is 0 Å². The summed E-state index contributed by atoms with van der Waals surface area (Å²) < 4.78 is 0. The third-order valence-electron chi connectivity index (χ3n) is 3.94. The van der Waals surface area contributed by atoms with E-state index in [1.54, 1.807) is 0 Å². The molecule has 2 heteroatoms. The van der Waals surface area contributed by atoms with E-state index in [4.69, 9.17) is 0 Å². The van der Waals surface area contributed by atoms with Crippen molar-refractivity contribution in [3.63, 3.8) is 0 Å². The van der Waals surface area contributed by atoms with Crippen molar-refractivity contribution in [3.8, 4) is 0 Å². The molecule has 0 nitrogen and oxygen atoms in total. The molecular weight excluding hydrogens is 376 g/mol. The Morgan fingerprint density at radius 3 is 1.54 bits per heavy atom. The summed E-state index contributed by atoms with van der Waals surface area (Å²) in [6, 6.07) is 30.9. The summed E-state index contributed by atoms with van der Waals surface area (Å²) in [5, 5.41) is 0. The zero-order valence-electron chi connectivity index (χ0n) is 14.0. The van der Waals surface area contributed by atoms with Crippen molar-refractivity contribution in [3.05, 3.63) is 90.5 Å². The van der Waals surface area contributed by atoms with Gasteiger partial charge in [0, 0.05) is 0 Å². The van der Waals surface area contributed by atoms with E-state index in [-0.39, 0.29) is 27.9 Å². The van der Waals surface area contributed by atoms with Crippen LogP contribution in [0.3, 0.4) is 0 Å². The predicted molar refractivity (Wildman–Crippen MR) is 100 cm³/mol. The van der Waals surface area contributed by atoms with E-state index in [9.17, 15) is 0 Å². The molecule has 0 heterocycles. The van der Waals surface area contributed by atoms with E-state index < -0.39 is 0 Å². The predicted octanol–water partition coefficient (Wildman–Crippen LogP) is 3.13. The third-order valence-corrected chi connectivity index (χ3v) is 6.17. The van der Waals surface area contributed by atoms with Gasteiger partial charge in [0.05, 0.1) is 10.9 Å². The second-order valence-corrected chi connectivity index (χ2v) is 7.71. The van der Waals surface area contributed by atoms with Crippen LogP contribution in [0, 0.1) is 0 Å². The summed E-state index contributed by atoms with van der Waals surface area (Å²) in [6.45, 7) is 2.25. The first-order chi connectivity index (χ1) is 11.4. The highest BCUT2D eigenvalue weighted by atomic mass is 79.9. The van der Waals surface area contributed by atoms with Gasteiger partial charge in [-0.15, -0.1) is 0 Å². The van der Waals surface area contributed by atoms with Crippen molar-refractivity contribution < 1.29 is 17.0 Å². The minimum Gasteiger partial charge on any atom is -1.00 e. The van der Waals surface area contributed by atoms with Crippen LogP contribution in [0.25, 0.3) is 0 Å². The Labute approximate surface area is 159 Å². The van der Waals surface area contributed by atoms with Crippen LogP contribution in [0.2, 0.25) is 0 Å². The van der Waals surface area contributed by atoms with E-state index in [1.807, 2.05) is 0 Å². The molecule has 0 spiro atoms. The van der Waals surface area contributed by atoms with Crippen LogP contribution < -0.4 is 17.0 Å². The molecule has 3 aromatic carbocycles. The normalized spacial score (nSPS) is 10.4. The zero-order valence-corrected chi connectivity index (χ0v) is 16.4. The molecule has 24 heavy (non-hydrogen) atoms. The van der Waals surface area contributed by atoms with Crippen LogP contribution in [-0.2, 0) is 17.3 Å². The van der Waals surface area contributed by atoms with Gasteiger partial charge in [-0.3, -0.25) is 0 Å². The monoisotopic (exact) mass is 398 g/mol. The first-order valence-corrected chi connectivity index (χ1v) is 9.54. The molecule has 3 aromatic rings. The first-order valence-electron chi connectivity index (χ1n) is 8.32. The summed E-state index contributed by atoms with van der Waals surface area (Å²) in [5.41, 5.74) is 1.44. The van der Waals surface area contributed by atoms with Gasteiger partial charge in [0.2, 0.25) is 0 Å². The van der Waals surface area contributed by atoms with Gasteiger partial charge in [-0.05, 0) is 54.8 Å². The number of halogens is 1. The van der Waals surface area contributed by atoms with Gasteiger partial charge in [0.15, 0.2) is 14.7 Å². The summed E-state index contributed by atoms with van der Waals surface area (Å²) in [4.78, 5) is 4.14. The number of hydrogen-bond donors (Lipinski definition) is 0. The van der Waals surface area contributed by atoms with E-state index in [2.05, 4.69) is 91.9 Å². The number of aryl methyl sites for hydroxylation is 1. The highest BCUT2D eigenvalue weighted by Gasteiger charge is 2.27. The molecule has 0 N–H and O–H groups in total. The lowest BCUT2D eigenvalue weighted by Gasteiger charge is -2.08. The van der Waals surface area contributed by atoms with E-state index >= 15 is 0 Å². The topological polar surface area (TPSA) is 0 Å². The molecule has 0 saturated heterocycles. The lowest BCUT2D eigenvalue weighted by molar-refractivity contribution is -0.00000465. The van der Waals surface area contributed by atoms with Gasteiger partial charge in [-0.2, -0.15) is 0 Å². The van der Waals surface area contributed by atoms with Crippen LogP contribution >= 0.6 is 0 Å². The fourth-order valence-corrected chi connectivity index (χ4v) is 4.78. The molecule has 0 radical (unpaired) electrons. The maximum Gasteiger partial charge on any atom is 0.166 e. The van der Waals surface area contributed by atoms with Crippen molar-refractivity contribution in [2.75, 3.05) is 0 Å². The quantitative estimate of drug-likeness (QED) is 0.559. The van der Waals surface area contributed by atoms with Crippen molar-refractivity contribution in [1.29, 1.82) is 0 Å². The number of rotatable bonds is 6. The third kappa shape index (κ3) is 4.75. The second-order valence-electron chi connectivity index (χ2n) is 5.68. The average Bonchev–Trinajstić information content (AvgIpc) is 2.63. The molecule has 0 aliphatic carbocycles. The minimum absolute atomic E-state index is 0. The number of unbranched alkanes of at least 4 members (excludes halogenated alkanes) is 1. The summed E-state index contributed by atoms with van der Waals surface area (Å²) in [6.07, 6.45) is 3.70. The van der Waals surface area contributed by atoms with Gasteiger partial charge < -0.3 is 17.0 Å². The Bertz CT molecular complexity index is 668. The van der Waals surface area contributed by atoms with Crippen LogP contribution in [0.1, 0.15) is 25.3 Å². The highest BCUT2D eigenvalue weighted by Crippen LogP contribution is 2.31. The molecule has 3 rings (SSSR count). The molecule has 124 valence electrons. The molecule has 0 amide bonds. The average molecular weight is 399 g/mol. The van der Waals surface area contributed by atoms with Crippen molar-refractivity contribution in [1.82, 2.24) is 0 Å². The maximum atomic E-state index is 2.31. The lowest BCUT2D eigenvalue weighted by Crippen LogP contribution is -3.00. The molecule has 0 unspecified atom stereocenters. The van der Waals surface area contributed by atoms with Crippen molar-refractivity contribution >= 4 is 10.9 Å². The van der Waals surface area contributed by atoms with Gasteiger partial charge in [-0.1, -0.05) is 61.9 Å². The van der Waals surface area contributed by atoms with Crippen molar-refractivity contribution in [2.45, 2.75) is 40.9 Å². The van der Waals surface area contributed by atoms with E-state index in [0.29, 0.717) is 0 Å². The molecule has 0 fully saturated rings. The fourth-order valence-electron chi connectivity index (χ4n) is 2.69. The van der Waals surface area contributed by atoms with Crippen LogP contribution in [0.4, 0.5) is 0 Å². The molecule has 0 aliphatic heterocycles. The summed E-state index contributed by atoms with van der Waals surface area (Å²) in [5.74, 6) is 0. The standard InChI is InChI=1S/C22H23S.BrH/c1-2-3-10-19-15-17-22(18-16-19)23(20-11-6-4-7-12-20)21-13-8-5-9-14-21;/h4-9,11-18H,2-3,10H2,1H3;1H/q+1;/p-1. The minimum atomic E-state index is -0.0286. The van der Waals surface area contributed by atoms with Crippen LogP contribution in [0.15, 0.2) is 99.6 Å². The summed E-state index contributed by atoms with van der Waals surface area (Å²) >= 11 is 0. The van der Waals surface area contributed by atoms with Crippen molar-refractivity contribution in [2.24, 2.45) is 0 Å². The molecule has 0 aromatic heterocycles. The molecule has 0 atom stereocenters. The Morgan fingerprint density at radius 1 is 0.625 bits per heavy atom. The largest absolute Gasteiger partial charge is 1.00 e. The maximum absolute atomic E-state index is 2.31. The van der Waals surface area contributed by atoms with E-state index in [1.165, 1.54) is 39.5 Å². The summed E-state index contributed by atoms with van der Waals surface area (Å²) in [7, 11) is -0.0286. The molecule has 0 saturated carbocycles. The van der Waals surface area contributed by atoms with Gasteiger partial charge >= 0.3 is 0 Å². The number of benzene rings is 3. The first kappa shape index (κ1) is 18.8. The number of hydrogen-bond acceptors (Lipinski definition) is 0. The Hall–Kier alpha value is -1.51. The Balaban J connectivity index is 0.00000208. The second kappa shape index (κ2) is 9.71. The zero-order chi connectivity index (χ0) is 15.9. The highest BCUT2D eigenvalue weighted by molar-refractivity contribution is 7.97. The Morgan fingerprint density at radius 2 is 1.08 bits per heavy atom. The molecular formula is C22H23BrS. The fraction of sp³-hybridized carbons (Fsp3) is 0.182. The molecule has 0 bridgehead atoms. The van der Waals surface area contributed by atoms with Gasteiger partial charge in [-0.25, -0.2) is 0 Å². The SMILES string of the molecule is CCCCc1ccc([S+](c2ccccc2)c2ccccc2)cc1.[Br-]. The van der Waals surface area contributed by atoms with Crippen LogP contribution in [-0.4, -0.2) is 0 Å². The Kier molecular flexibility index (Phi) is 7.61. The van der Waals surface area contributed by atoms with Gasteiger partial charge in [0.1, 0.15) is 0 Å². The van der Waals surface area contributed by atoms with Gasteiger partial charge in [0.25, 0.3) is 0 Å². The smallest absolute Gasteiger partial charge is 0.166 e. The lowest BCUT2D eigenvalue weighted by atomic mass is 10.1. The van der Waals surface area contributed by atoms with E-state index in [0.717, 1.165) is 0 Å². The molecule has 0 aliphatic rings.